The normalized spacial score (nSPS) is 9.43. The molecule has 0 aliphatic heterocycles. The predicted octanol–water partition coefficient (Wildman–Crippen LogP) is 5.29. The Morgan fingerprint density at radius 2 is 0.750 bits per heavy atom. The SMILES string of the molecule is c1ccc(OB(Oc2ccccc2)Oc2ccccc2)cc1.c1ccncc1. The summed E-state index contributed by atoms with van der Waals surface area (Å²) >= 11 is 0. The minimum Gasteiger partial charge on any atom is -0.490 e. The smallest absolute Gasteiger partial charge is 0.490 e. The van der Waals surface area contributed by atoms with Gasteiger partial charge in [-0.2, -0.15) is 0 Å². The van der Waals surface area contributed by atoms with Crippen LogP contribution in [-0.4, -0.2) is 12.3 Å². The van der Waals surface area contributed by atoms with E-state index in [-0.39, 0.29) is 0 Å². The van der Waals surface area contributed by atoms with Crippen LogP contribution in [0.25, 0.3) is 0 Å². The van der Waals surface area contributed by atoms with Gasteiger partial charge in [0.1, 0.15) is 17.2 Å². The van der Waals surface area contributed by atoms with Crippen molar-refractivity contribution in [2.75, 3.05) is 0 Å². The summed E-state index contributed by atoms with van der Waals surface area (Å²) in [7, 11) is -0.868. The van der Waals surface area contributed by atoms with Gasteiger partial charge in [-0.1, -0.05) is 60.7 Å². The second-order valence-corrected chi connectivity index (χ2v) is 5.61. The van der Waals surface area contributed by atoms with Crippen LogP contribution in [0.15, 0.2) is 122 Å². The predicted molar refractivity (Wildman–Crippen MR) is 111 cm³/mol. The molecule has 0 amide bonds. The van der Waals surface area contributed by atoms with Gasteiger partial charge >= 0.3 is 7.32 Å². The highest BCUT2D eigenvalue weighted by atomic mass is 16.7. The maximum atomic E-state index is 5.78. The van der Waals surface area contributed by atoms with Crippen molar-refractivity contribution in [2.24, 2.45) is 0 Å². The van der Waals surface area contributed by atoms with E-state index in [0.717, 1.165) is 0 Å². The summed E-state index contributed by atoms with van der Waals surface area (Å²) < 4.78 is 17.3. The van der Waals surface area contributed by atoms with Crippen LogP contribution < -0.4 is 14.0 Å². The van der Waals surface area contributed by atoms with Crippen LogP contribution in [0.5, 0.6) is 17.2 Å². The first-order valence-electron chi connectivity index (χ1n) is 8.90. The zero-order valence-corrected chi connectivity index (χ0v) is 15.3. The molecular formula is C23H20BNO3. The molecule has 0 bridgehead atoms. The van der Waals surface area contributed by atoms with E-state index in [4.69, 9.17) is 14.0 Å². The highest BCUT2D eigenvalue weighted by molar-refractivity contribution is 6.39. The molecule has 0 saturated heterocycles. The number of para-hydroxylation sites is 3. The van der Waals surface area contributed by atoms with E-state index in [0.29, 0.717) is 17.2 Å². The standard InChI is InChI=1S/C18H15BO3.C5H5N/c1-4-10-16(11-5-1)20-19(21-17-12-6-2-7-13-17)22-18-14-8-3-9-15-18;1-2-4-6-5-3-1/h1-15H;1-5H. The zero-order chi connectivity index (χ0) is 19.3. The maximum Gasteiger partial charge on any atom is 0.864 e. The van der Waals surface area contributed by atoms with Crippen molar-refractivity contribution in [3.8, 4) is 17.2 Å². The molecule has 0 N–H and O–H groups in total. The van der Waals surface area contributed by atoms with Gasteiger partial charge in [0, 0.05) is 12.4 Å². The average Bonchev–Trinajstić information content (AvgIpc) is 2.77. The van der Waals surface area contributed by atoms with E-state index in [1.54, 1.807) is 12.4 Å². The highest BCUT2D eigenvalue weighted by Crippen LogP contribution is 2.17. The Kier molecular flexibility index (Phi) is 7.54. The van der Waals surface area contributed by atoms with Gasteiger partial charge in [0.05, 0.1) is 0 Å². The fourth-order valence-electron chi connectivity index (χ4n) is 2.22. The summed E-state index contributed by atoms with van der Waals surface area (Å²) in [6.07, 6.45) is 3.50. The van der Waals surface area contributed by atoms with Gasteiger partial charge < -0.3 is 14.0 Å². The maximum absolute atomic E-state index is 5.78. The number of hydrogen-bond donors (Lipinski definition) is 0. The van der Waals surface area contributed by atoms with Gasteiger partial charge in [-0.3, -0.25) is 4.98 Å². The number of rotatable bonds is 6. The van der Waals surface area contributed by atoms with E-state index < -0.39 is 7.32 Å². The van der Waals surface area contributed by atoms with Crippen LogP contribution in [0.2, 0.25) is 0 Å². The van der Waals surface area contributed by atoms with E-state index >= 15 is 0 Å². The third-order valence-corrected chi connectivity index (χ3v) is 3.49. The van der Waals surface area contributed by atoms with Crippen molar-refractivity contribution in [2.45, 2.75) is 0 Å². The Morgan fingerprint density at radius 1 is 0.429 bits per heavy atom. The second kappa shape index (κ2) is 11.1. The Bertz CT molecular complexity index is 768. The van der Waals surface area contributed by atoms with Crippen LogP contribution in [0.1, 0.15) is 0 Å². The average molecular weight is 369 g/mol. The molecule has 0 aliphatic rings. The first kappa shape index (κ1) is 19.0. The molecule has 4 rings (SSSR count). The summed E-state index contributed by atoms with van der Waals surface area (Å²) in [6.45, 7) is 0. The van der Waals surface area contributed by atoms with Crippen LogP contribution in [0.4, 0.5) is 0 Å². The fraction of sp³-hybridized carbons (Fsp3) is 0. The van der Waals surface area contributed by atoms with Crippen molar-refractivity contribution in [1.29, 1.82) is 0 Å². The molecule has 0 atom stereocenters. The second-order valence-electron chi connectivity index (χ2n) is 5.61. The van der Waals surface area contributed by atoms with Gasteiger partial charge in [-0.25, -0.2) is 0 Å². The summed E-state index contributed by atoms with van der Waals surface area (Å²) in [5.74, 6) is 2.04. The number of hydrogen-bond acceptors (Lipinski definition) is 4. The topological polar surface area (TPSA) is 40.6 Å². The summed E-state index contributed by atoms with van der Waals surface area (Å²) in [5.41, 5.74) is 0. The summed E-state index contributed by atoms with van der Waals surface area (Å²) in [5, 5.41) is 0. The van der Waals surface area contributed by atoms with E-state index in [1.165, 1.54) is 0 Å². The van der Waals surface area contributed by atoms with Gasteiger partial charge in [-0.05, 0) is 48.5 Å². The molecule has 0 radical (unpaired) electrons. The van der Waals surface area contributed by atoms with Gasteiger partial charge in [0.2, 0.25) is 0 Å². The summed E-state index contributed by atoms with van der Waals surface area (Å²) in [4.78, 5) is 3.78. The monoisotopic (exact) mass is 369 g/mol. The van der Waals surface area contributed by atoms with Crippen LogP contribution in [-0.2, 0) is 0 Å². The minimum absolute atomic E-state index is 0.680. The molecule has 0 saturated carbocycles. The largest absolute Gasteiger partial charge is 0.864 e. The molecule has 0 unspecified atom stereocenters. The number of pyridine rings is 1. The molecule has 4 aromatic rings. The van der Waals surface area contributed by atoms with Crippen LogP contribution in [0.3, 0.4) is 0 Å². The third-order valence-electron chi connectivity index (χ3n) is 3.49. The Labute approximate surface area is 165 Å². The summed E-state index contributed by atoms with van der Waals surface area (Å²) in [6, 6.07) is 34.0. The fourth-order valence-corrected chi connectivity index (χ4v) is 2.22. The van der Waals surface area contributed by atoms with E-state index in [9.17, 15) is 0 Å². The third kappa shape index (κ3) is 6.88. The van der Waals surface area contributed by atoms with E-state index in [1.807, 2.05) is 109 Å². The van der Waals surface area contributed by atoms with Crippen molar-refractivity contribution in [1.82, 2.24) is 4.98 Å². The minimum atomic E-state index is -0.868. The molecular weight excluding hydrogens is 349 g/mol. The zero-order valence-electron chi connectivity index (χ0n) is 15.3. The lowest BCUT2D eigenvalue weighted by Crippen LogP contribution is -2.36. The lowest BCUT2D eigenvalue weighted by Gasteiger charge is -2.16. The van der Waals surface area contributed by atoms with Crippen molar-refractivity contribution < 1.29 is 14.0 Å². The number of aromatic nitrogens is 1. The molecule has 3 aromatic carbocycles. The Hall–Kier alpha value is -3.73. The number of benzene rings is 3. The van der Waals surface area contributed by atoms with Crippen LogP contribution in [0, 0.1) is 0 Å². The molecule has 4 nitrogen and oxygen atoms in total. The lowest BCUT2D eigenvalue weighted by molar-refractivity contribution is 0.307. The molecule has 1 aromatic heterocycles. The quantitative estimate of drug-likeness (QED) is 0.433. The Balaban J connectivity index is 0.000000320. The van der Waals surface area contributed by atoms with Crippen molar-refractivity contribution in [3.05, 3.63) is 122 Å². The highest BCUT2D eigenvalue weighted by Gasteiger charge is 2.29. The molecule has 28 heavy (non-hydrogen) atoms. The van der Waals surface area contributed by atoms with Gasteiger partial charge in [-0.15, -0.1) is 0 Å². The lowest BCUT2D eigenvalue weighted by atomic mass is 10.2. The molecule has 1 heterocycles. The Morgan fingerprint density at radius 3 is 1.00 bits per heavy atom. The van der Waals surface area contributed by atoms with E-state index in [2.05, 4.69) is 4.98 Å². The molecule has 0 spiro atoms. The number of nitrogens with zero attached hydrogens (tertiary/aromatic N) is 1. The first-order valence-corrected chi connectivity index (χ1v) is 8.90. The molecule has 5 heteroatoms. The molecule has 138 valence electrons. The first-order chi connectivity index (χ1) is 13.9. The van der Waals surface area contributed by atoms with Crippen LogP contribution >= 0.6 is 0 Å². The molecule has 0 aliphatic carbocycles. The van der Waals surface area contributed by atoms with Crippen molar-refractivity contribution >= 4 is 7.32 Å². The molecule has 0 fully saturated rings. The van der Waals surface area contributed by atoms with Crippen molar-refractivity contribution in [3.63, 3.8) is 0 Å². The van der Waals surface area contributed by atoms with Gasteiger partial charge in [0.25, 0.3) is 0 Å². The van der Waals surface area contributed by atoms with Gasteiger partial charge in [0.15, 0.2) is 0 Å².